The minimum Gasteiger partial charge on any atom is -0.329 e. The van der Waals surface area contributed by atoms with Crippen LogP contribution >= 0.6 is 23.4 Å². The first-order valence-corrected chi connectivity index (χ1v) is 7.13. The SMILES string of the molecule is Cc1ccc(SC(CN)c2ccc(Cl)cc2)cc1. The highest BCUT2D eigenvalue weighted by atomic mass is 35.5. The Balaban J connectivity index is 2.14. The number of hydrogen-bond acceptors (Lipinski definition) is 2. The Kier molecular flexibility index (Phi) is 4.70. The van der Waals surface area contributed by atoms with Gasteiger partial charge in [-0.3, -0.25) is 0 Å². The number of thioether (sulfide) groups is 1. The molecule has 0 aromatic heterocycles. The molecule has 0 aliphatic rings. The Bertz CT molecular complexity index is 493. The van der Waals surface area contributed by atoms with Crippen LogP contribution in [0.15, 0.2) is 53.4 Å². The second kappa shape index (κ2) is 6.28. The van der Waals surface area contributed by atoms with Gasteiger partial charge in [0.2, 0.25) is 0 Å². The molecular formula is C15H16ClNS. The minimum absolute atomic E-state index is 0.268. The zero-order chi connectivity index (χ0) is 13.0. The van der Waals surface area contributed by atoms with Crippen LogP contribution < -0.4 is 5.73 Å². The lowest BCUT2D eigenvalue weighted by Gasteiger charge is -2.15. The summed E-state index contributed by atoms with van der Waals surface area (Å²) in [5.41, 5.74) is 8.36. The number of hydrogen-bond donors (Lipinski definition) is 1. The van der Waals surface area contributed by atoms with E-state index in [0.717, 1.165) is 5.02 Å². The van der Waals surface area contributed by atoms with E-state index in [2.05, 4.69) is 31.2 Å². The smallest absolute Gasteiger partial charge is 0.0466 e. The van der Waals surface area contributed by atoms with Gasteiger partial charge in [0.15, 0.2) is 0 Å². The average Bonchev–Trinajstić information content (AvgIpc) is 2.39. The molecule has 0 fully saturated rings. The van der Waals surface area contributed by atoms with Crippen LogP contribution in [-0.4, -0.2) is 6.54 Å². The number of rotatable bonds is 4. The maximum atomic E-state index is 5.90. The molecule has 0 radical (unpaired) electrons. The summed E-state index contributed by atoms with van der Waals surface area (Å²) in [7, 11) is 0. The molecule has 2 N–H and O–H groups in total. The summed E-state index contributed by atoms with van der Waals surface area (Å²) in [5.74, 6) is 0. The fraction of sp³-hybridized carbons (Fsp3) is 0.200. The third kappa shape index (κ3) is 3.52. The largest absolute Gasteiger partial charge is 0.329 e. The molecular weight excluding hydrogens is 262 g/mol. The second-order valence-corrected chi connectivity index (χ2v) is 5.92. The van der Waals surface area contributed by atoms with Crippen LogP contribution in [0.5, 0.6) is 0 Å². The van der Waals surface area contributed by atoms with Crippen LogP contribution in [0.4, 0.5) is 0 Å². The van der Waals surface area contributed by atoms with Crippen molar-refractivity contribution < 1.29 is 0 Å². The Morgan fingerprint density at radius 2 is 1.67 bits per heavy atom. The first-order chi connectivity index (χ1) is 8.69. The Morgan fingerprint density at radius 1 is 1.06 bits per heavy atom. The number of aryl methyl sites for hydroxylation is 1. The molecule has 0 aliphatic carbocycles. The topological polar surface area (TPSA) is 26.0 Å². The maximum Gasteiger partial charge on any atom is 0.0466 e. The van der Waals surface area contributed by atoms with Crippen LogP contribution in [-0.2, 0) is 0 Å². The van der Waals surface area contributed by atoms with Crippen LogP contribution in [0.1, 0.15) is 16.4 Å². The highest BCUT2D eigenvalue weighted by Gasteiger charge is 2.11. The standard InChI is InChI=1S/C15H16ClNS/c1-11-2-8-14(9-3-11)18-15(10-17)12-4-6-13(16)7-5-12/h2-9,15H,10,17H2,1H3. The van der Waals surface area contributed by atoms with Crippen molar-refractivity contribution in [3.05, 3.63) is 64.7 Å². The molecule has 94 valence electrons. The molecule has 0 amide bonds. The lowest BCUT2D eigenvalue weighted by molar-refractivity contribution is 0.941. The van der Waals surface area contributed by atoms with E-state index in [-0.39, 0.29) is 5.25 Å². The van der Waals surface area contributed by atoms with Gasteiger partial charge >= 0.3 is 0 Å². The molecule has 3 heteroatoms. The van der Waals surface area contributed by atoms with Gasteiger partial charge in [-0.25, -0.2) is 0 Å². The van der Waals surface area contributed by atoms with Gasteiger partial charge in [-0.1, -0.05) is 41.4 Å². The van der Waals surface area contributed by atoms with Crippen LogP contribution in [0.2, 0.25) is 5.02 Å². The van der Waals surface area contributed by atoms with Crippen molar-refractivity contribution in [2.45, 2.75) is 17.1 Å². The van der Waals surface area contributed by atoms with Gasteiger partial charge in [-0.05, 0) is 36.8 Å². The average molecular weight is 278 g/mol. The highest BCUT2D eigenvalue weighted by molar-refractivity contribution is 7.99. The van der Waals surface area contributed by atoms with Crippen LogP contribution in [0, 0.1) is 6.92 Å². The number of halogens is 1. The van der Waals surface area contributed by atoms with Gasteiger partial charge in [-0.15, -0.1) is 11.8 Å². The predicted octanol–water partition coefficient (Wildman–Crippen LogP) is 4.44. The van der Waals surface area contributed by atoms with Crippen LogP contribution in [0.25, 0.3) is 0 Å². The molecule has 1 unspecified atom stereocenters. The first-order valence-electron chi connectivity index (χ1n) is 5.88. The summed E-state index contributed by atoms with van der Waals surface area (Å²) in [6.45, 7) is 2.70. The van der Waals surface area contributed by atoms with Crippen molar-refractivity contribution in [2.24, 2.45) is 5.73 Å². The molecule has 2 aromatic carbocycles. The summed E-state index contributed by atoms with van der Waals surface area (Å²) in [5, 5.41) is 1.03. The zero-order valence-electron chi connectivity index (χ0n) is 10.3. The number of benzene rings is 2. The zero-order valence-corrected chi connectivity index (χ0v) is 11.8. The van der Waals surface area contributed by atoms with E-state index >= 15 is 0 Å². The van der Waals surface area contributed by atoms with Crippen molar-refractivity contribution in [3.63, 3.8) is 0 Å². The normalized spacial score (nSPS) is 12.4. The van der Waals surface area contributed by atoms with Crippen molar-refractivity contribution in [2.75, 3.05) is 6.54 Å². The van der Waals surface area contributed by atoms with Gasteiger partial charge in [0.25, 0.3) is 0 Å². The molecule has 1 atom stereocenters. The highest BCUT2D eigenvalue weighted by Crippen LogP contribution is 2.34. The van der Waals surface area contributed by atoms with E-state index in [9.17, 15) is 0 Å². The minimum atomic E-state index is 0.268. The molecule has 0 bridgehead atoms. The Hall–Kier alpha value is -0.960. The quantitative estimate of drug-likeness (QED) is 0.836. The fourth-order valence-electron chi connectivity index (χ4n) is 1.71. The van der Waals surface area contributed by atoms with Crippen molar-refractivity contribution in [1.82, 2.24) is 0 Å². The molecule has 0 saturated heterocycles. The summed E-state index contributed by atoms with van der Waals surface area (Å²) in [4.78, 5) is 1.24. The van der Waals surface area contributed by atoms with Crippen molar-refractivity contribution in [3.8, 4) is 0 Å². The molecule has 2 rings (SSSR count). The lowest BCUT2D eigenvalue weighted by Crippen LogP contribution is -2.09. The predicted molar refractivity (Wildman–Crippen MR) is 80.3 cm³/mol. The van der Waals surface area contributed by atoms with E-state index in [1.165, 1.54) is 16.0 Å². The van der Waals surface area contributed by atoms with E-state index in [0.29, 0.717) is 6.54 Å². The summed E-state index contributed by atoms with van der Waals surface area (Å²) >= 11 is 7.69. The summed E-state index contributed by atoms with van der Waals surface area (Å²) in [6, 6.07) is 16.4. The molecule has 1 nitrogen and oxygen atoms in total. The molecule has 0 saturated carbocycles. The van der Waals surface area contributed by atoms with Gasteiger partial charge in [0, 0.05) is 21.7 Å². The lowest BCUT2D eigenvalue weighted by atomic mass is 10.1. The van der Waals surface area contributed by atoms with Gasteiger partial charge in [-0.2, -0.15) is 0 Å². The van der Waals surface area contributed by atoms with E-state index in [1.54, 1.807) is 11.8 Å². The monoisotopic (exact) mass is 277 g/mol. The second-order valence-electron chi connectivity index (χ2n) is 4.21. The van der Waals surface area contributed by atoms with E-state index in [4.69, 9.17) is 17.3 Å². The fourth-order valence-corrected chi connectivity index (χ4v) is 2.85. The summed E-state index contributed by atoms with van der Waals surface area (Å²) in [6.07, 6.45) is 0. The third-order valence-electron chi connectivity index (χ3n) is 2.76. The molecule has 0 aliphatic heterocycles. The summed E-state index contributed by atoms with van der Waals surface area (Å²) < 4.78 is 0. The van der Waals surface area contributed by atoms with Crippen molar-refractivity contribution >= 4 is 23.4 Å². The Labute approximate surface area is 117 Å². The molecule has 0 heterocycles. The van der Waals surface area contributed by atoms with Crippen LogP contribution in [0.3, 0.4) is 0 Å². The van der Waals surface area contributed by atoms with E-state index in [1.807, 2.05) is 24.3 Å². The molecule has 2 aromatic rings. The van der Waals surface area contributed by atoms with Gasteiger partial charge in [0.1, 0.15) is 0 Å². The first kappa shape index (κ1) is 13.5. The molecule has 18 heavy (non-hydrogen) atoms. The number of nitrogens with two attached hydrogens (primary N) is 1. The van der Waals surface area contributed by atoms with Crippen molar-refractivity contribution in [1.29, 1.82) is 0 Å². The maximum absolute atomic E-state index is 5.90. The van der Waals surface area contributed by atoms with Gasteiger partial charge in [0.05, 0.1) is 0 Å². The van der Waals surface area contributed by atoms with E-state index < -0.39 is 0 Å². The third-order valence-corrected chi connectivity index (χ3v) is 4.30. The Morgan fingerprint density at radius 3 is 2.22 bits per heavy atom. The van der Waals surface area contributed by atoms with Gasteiger partial charge < -0.3 is 5.73 Å². The molecule has 0 spiro atoms.